The zero-order valence-corrected chi connectivity index (χ0v) is 16.5. The fraction of sp³-hybridized carbons (Fsp3) is 0.0909. The predicted octanol–water partition coefficient (Wildman–Crippen LogP) is 6.34. The minimum atomic E-state index is -4.55. The molecule has 0 atom stereocenters. The van der Waals surface area contributed by atoms with E-state index in [0.29, 0.717) is 17.3 Å². The van der Waals surface area contributed by atoms with Crippen LogP contribution in [0.4, 0.5) is 22.4 Å². The van der Waals surface area contributed by atoms with Gasteiger partial charge in [-0.2, -0.15) is 13.2 Å². The monoisotopic (exact) mass is 447 g/mol. The fourth-order valence-electron chi connectivity index (χ4n) is 3.06. The van der Waals surface area contributed by atoms with Crippen LogP contribution < -0.4 is 0 Å². The standard InChI is InChI=1S/C22H13F4NO3S/c23-14-7-5-13(6-8-14)12-27-20(28)19(31-21(27)29)11-15-9-10-18(30-15)16-3-1-2-4-17(16)22(24,25)26/h1-11H,12H2/b19-11+. The number of hydrogen-bond acceptors (Lipinski definition) is 4. The number of thioether (sulfide) groups is 1. The number of halogens is 4. The molecule has 1 fully saturated rings. The quantitative estimate of drug-likeness (QED) is 0.346. The van der Waals surface area contributed by atoms with E-state index in [1.807, 2.05) is 0 Å². The van der Waals surface area contributed by atoms with Crippen LogP contribution in [0.15, 0.2) is 70.0 Å². The molecular weight excluding hydrogens is 434 g/mol. The van der Waals surface area contributed by atoms with Crippen molar-refractivity contribution in [1.82, 2.24) is 4.90 Å². The smallest absolute Gasteiger partial charge is 0.417 e. The lowest BCUT2D eigenvalue weighted by atomic mass is 10.1. The first kappa shape index (κ1) is 20.9. The summed E-state index contributed by atoms with van der Waals surface area (Å²) in [4.78, 5) is 25.9. The summed E-state index contributed by atoms with van der Waals surface area (Å²) in [6.07, 6.45) is -3.23. The van der Waals surface area contributed by atoms with Crippen LogP contribution >= 0.6 is 11.8 Å². The van der Waals surface area contributed by atoms with E-state index in [1.54, 1.807) is 0 Å². The van der Waals surface area contributed by atoms with Gasteiger partial charge in [-0.1, -0.05) is 30.3 Å². The molecule has 1 aromatic heterocycles. The van der Waals surface area contributed by atoms with Crippen LogP contribution in [0.2, 0.25) is 0 Å². The van der Waals surface area contributed by atoms with Crippen LogP contribution in [0.25, 0.3) is 17.4 Å². The first-order valence-corrected chi connectivity index (χ1v) is 9.80. The fourth-order valence-corrected chi connectivity index (χ4v) is 3.88. The molecule has 4 rings (SSSR count). The van der Waals surface area contributed by atoms with E-state index in [-0.39, 0.29) is 28.5 Å². The molecule has 2 amide bonds. The minimum absolute atomic E-state index is 0.00952. The van der Waals surface area contributed by atoms with Crippen molar-refractivity contribution in [1.29, 1.82) is 0 Å². The number of imide groups is 1. The van der Waals surface area contributed by atoms with Gasteiger partial charge in [-0.15, -0.1) is 0 Å². The molecule has 2 aromatic carbocycles. The molecule has 9 heteroatoms. The number of alkyl halides is 3. The highest BCUT2D eigenvalue weighted by Gasteiger charge is 2.36. The third-order valence-corrected chi connectivity index (χ3v) is 5.43. The van der Waals surface area contributed by atoms with Gasteiger partial charge in [0.1, 0.15) is 17.3 Å². The molecule has 0 aliphatic carbocycles. The van der Waals surface area contributed by atoms with Crippen molar-refractivity contribution in [2.45, 2.75) is 12.7 Å². The van der Waals surface area contributed by atoms with Crippen molar-refractivity contribution >= 4 is 29.0 Å². The topological polar surface area (TPSA) is 50.5 Å². The molecule has 0 spiro atoms. The molecule has 31 heavy (non-hydrogen) atoms. The molecule has 1 aliphatic heterocycles. The predicted molar refractivity (Wildman–Crippen MR) is 107 cm³/mol. The Morgan fingerprint density at radius 3 is 2.39 bits per heavy atom. The van der Waals surface area contributed by atoms with Gasteiger partial charge in [0.25, 0.3) is 11.1 Å². The zero-order chi connectivity index (χ0) is 22.2. The molecule has 0 unspecified atom stereocenters. The number of rotatable bonds is 4. The van der Waals surface area contributed by atoms with Crippen LogP contribution in [0.5, 0.6) is 0 Å². The number of furan rings is 1. The maximum absolute atomic E-state index is 13.2. The largest absolute Gasteiger partial charge is 0.457 e. The second-order valence-electron chi connectivity index (χ2n) is 6.64. The van der Waals surface area contributed by atoms with E-state index >= 15 is 0 Å². The highest BCUT2D eigenvalue weighted by Crippen LogP contribution is 2.38. The Morgan fingerprint density at radius 1 is 0.968 bits per heavy atom. The van der Waals surface area contributed by atoms with E-state index in [1.165, 1.54) is 60.7 Å². The van der Waals surface area contributed by atoms with Gasteiger partial charge in [-0.3, -0.25) is 14.5 Å². The van der Waals surface area contributed by atoms with Crippen molar-refractivity contribution < 1.29 is 31.6 Å². The van der Waals surface area contributed by atoms with Gasteiger partial charge in [0.05, 0.1) is 17.0 Å². The second-order valence-corrected chi connectivity index (χ2v) is 7.63. The first-order chi connectivity index (χ1) is 14.7. The maximum atomic E-state index is 13.2. The summed E-state index contributed by atoms with van der Waals surface area (Å²) in [6, 6.07) is 13.2. The summed E-state index contributed by atoms with van der Waals surface area (Å²) < 4.78 is 58.3. The number of carbonyl (C=O) groups excluding carboxylic acids is 2. The number of carbonyl (C=O) groups is 2. The first-order valence-electron chi connectivity index (χ1n) is 8.98. The summed E-state index contributed by atoms with van der Waals surface area (Å²) in [5, 5.41) is -0.505. The van der Waals surface area contributed by atoms with Gasteiger partial charge in [-0.05, 0) is 47.7 Å². The van der Waals surface area contributed by atoms with Gasteiger partial charge in [0, 0.05) is 11.6 Å². The maximum Gasteiger partial charge on any atom is 0.417 e. The normalized spacial score (nSPS) is 15.9. The molecule has 1 aliphatic rings. The summed E-state index contributed by atoms with van der Waals surface area (Å²) in [5.74, 6) is -0.865. The lowest BCUT2D eigenvalue weighted by Gasteiger charge is -2.12. The Hall–Kier alpha value is -3.33. The SMILES string of the molecule is O=C1S/C(=C/c2ccc(-c3ccccc3C(F)(F)F)o2)C(=O)N1Cc1ccc(F)cc1. The number of amides is 2. The zero-order valence-electron chi connectivity index (χ0n) is 15.7. The van der Waals surface area contributed by atoms with E-state index < -0.39 is 28.7 Å². The molecule has 1 saturated heterocycles. The summed E-state index contributed by atoms with van der Waals surface area (Å²) >= 11 is 0.696. The Kier molecular flexibility index (Phi) is 5.45. The molecule has 0 N–H and O–H groups in total. The highest BCUT2D eigenvalue weighted by atomic mass is 32.2. The number of benzene rings is 2. The Balaban J connectivity index is 1.57. The van der Waals surface area contributed by atoms with Gasteiger partial charge in [0.15, 0.2) is 0 Å². The summed E-state index contributed by atoms with van der Waals surface area (Å²) in [5.41, 5.74) is -0.386. The van der Waals surface area contributed by atoms with Gasteiger partial charge < -0.3 is 4.42 Å². The van der Waals surface area contributed by atoms with Crippen LogP contribution in [0.1, 0.15) is 16.9 Å². The van der Waals surface area contributed by atoms with Crippen LogP contribution in [0.3, 0.4) is 0 Å². The van der Waals surface area contributed by atoms with Crippen molar-refractivity contribution in [3.63, 3.8) is 0 Å². The van der Waals surface area contributed by atoms with Crippen molar-refractivity contribution in [2.24, 2.45) is 0 Å². The summed E-state index contributed by atoms with van der Waals surface area (Å²) in [7, 11) is 0. The van der Waals surface area contributed by atoms with Crippen molar-refractivity contribution in [3.05, 3.63) is 88.3 Å². The van der Waals surface area contributed by atoms with Gasteiger partial charge in [-0.25, -0.2) is 4.39 Å². The van der Waals surface area contributed by atoms with E-state index in [9.17, 15) is 27.2 Å². The van der Waals surface area contributed by atoms with Crippen LogP contribution in [-0.4, -0.2) is 16.0 Å². The Morgan fingerprint density at radius 2 is 1.68 bits per heavy atom. The highest BCUT2D eigenvalue weighted by molar-refractivity contribution is 8.18. The molecule has 0 bridgehead atoms. The number of hydrogen-bond donors (Lipinski definition) is 0. The lowest BCUT2D eigenvalue weighted by Crippen LogP contribution is -2.27. The Bertz CT molecular complexity index is 1180. The van der Waals surface area contributed by atoms with E-state index in [4.69, 9.17) is 4.42 Å². The van der Waals surface area contributed by atoms with Crippen molar-refractivity contribution in [2.75, 3.05) is 0 Å². The molecule has 3 aromatic rings. The lowest BCUT2D eigenvalue weighted by molar-refractivity contribution is -0.137. The van der Waals surface area contributed by atoms with Crippen LogP contribution in [0, 0.1) is 5.82 Å². The van der Waals surface area contributed by atoms with Gasteiger partial charge in [0.2, 0.25) is 0 Å². The third kappa shape index (κ3) is 4.41. The average molecular weight is 447 g/mol. The molecule has 0 radical (unpaired) electrons. The molecule has 4 nitrogen and oxygen atoms in total. The summed E-state index contributed by atoms with van der Waals surface area (Å²) in [6.45, 7) is -0.0232. The minimum Gasteiger partial charge on any atom is -0.457 e. The average Bonchev–Trinajstić information content (AvgIpc) is 3.29. The molecular formula is C22H13F4NO3S. The Labute approximate surface area is 178 Å². The van der Waals surface area contributed by atoms with E-state index in [2.05, 4.69) is 0 Å². The van der Waals surface area contributed by atoms with Gasteiger partial charge >= 0.3 is 6.18 Å². The number of nitrogens with zero attached hydrogens (tertiary/aromatic N) is 1. The van der Waals surface area contributed by atoms with E-state index in [0.717, 1.165) is 11.0 Å². The molecule has 158 valence electrons. The second kappa shape index (κ2) is 8.07. The van der Waals surface area contributed by atoms with Crippen LogP contribution in [-0.2, 0) is 17.5 Å². The molecule has 2 heterocycles. The molecule has 0 saturated carbocycles. The van der Waals surface area contributed by atoms with Crippen molar-refractivity contribution in [3.8, 4) is 11.3 Å². The third-order valence-electron chi connectivity index (χ3n) is 4.53.